The zero-order valence-electron chi connectivity index (χ0n) is 7.70. The van der Waals surface area contributed by atoms with Gasteiger partial charge in [0.15, 0.2) is 0 Å². The molecule has 0 aromatic rings. The van der Waals surface area contributed by atoms with Crippen LogP contribution in [0.2, 0.25) is 0 Å². The van der Waals surface area contributed by atoms with Crippen molar-refractivity contribution in [2.24, 2.45) is 5.73 Å². The third-order valence-corrected chi connectivity index (χ3v) is 2.76. The summed E-state index contributed by atoms with van der Waals surface area (Å²) in [5.74, 6) is 0. The number of urea groups is 1. The van der Waals surface area contributed by atoms with E-state index < -0.39 is 0 Å². The molecule has 2 aliphatic heterocycles. The predicted molar refractivity (Wildman–Crippen MR) is 49.4 cm³/mol. The van der Waals surface area contributed by atoms with Crippen LogP contribution in [0, 0.1) is 0 Å². The minimum Gasteiger partial charge on any atom is -0.336 e. The Morgan fingerprint density at radius 1 is 1.54 bits per heavy atom. The van der Waals surface area contributed by atoms with E-state index in [1.165, 1.54) is 0 Å². The van der Waals surface area contributed by atoms with Crippen LogP contribution in [0.15, 0.2) is 0 Å². The lowest BCUT2D eigenvalue weighted by Gasteiger charge is -2.36. The van der Waals surface area contributed by atoms with E-state index in [1.54, 1.807) is 0 Å². The van der Waals surface area contributed by atoms with Gasteiger partial charge in [0.05, 0.1) is 6.04 Å². The molecule has 1 unspecified atom stereocenters. The van der Waals surface area contributed by atoms with Gasteiger partial charge in [0.1, 0.15) is 0 Å². The van der Waals surface area contributed by atoms with Crippen molar-refractivity contribution in [3.05, 3.63) is 0 Å². The van der Waals surface area contributed by atoms with Crippen molar-refractivity contribution in [1.82, 2.24) is 15.1 Å². The largest absolute Gasteiger partial charge is 0.336 e. The molecular weight excluding hydrogens is 168 g/mol. The summed E-state index contributed by atoms with van der Waals surface area (Å²) < 4.78 is 0. The molecule has 0 spiro atoms. The molecule has 0 aromatic carbocycles. The second-order valence-corrected chi connectivity index (χ2v) is 3.62. The Balaban J connectivity index is 1.91. The Labute approximate surface area is 77.9 Å². The van der Waals surface area contributed by atoms with E-state index in [4.69, 9.17) is 5.73 Å². The van der Waals surface area contributed by atoms with Crippen molar-refractivity contribution < 1.29 is 4.79 Å². The van der Waals surface area contributed by atoms with Crippen LogP contribution in [0.4, 0.5) is 4.79 Å². The number of nitrogens with zero attached hydrogens (tertiary/aromatic N) is 2. The Bertz CT molecular complexity index is 208. The summed E-state index contributed by atoms with van der Waals surface area (Å²) in [5.41, 5.74) is 5.49. The first-order valence-electron chi connectivity index (χ1n) is 4.78. The molecule has 0 radical (unpaired) electrons. The Hall–Kier alpha value is -0.810. The van der Waals surface area contributed by atoms with Gasteiger partial charge in [0, 0.05) is 39.3 Å². The fourth-order valence-corrected chi connectivity index (χ4v) is 2.05. The predicted octanol–water partition coefficient (Wildman–Crippen LogP) is -1.35. The number of carbonyl (C=O) groups is 1. The van der Waals surface area contributed by atoms with E-state index in [9.17, 15) is 4.79 Å². The van der Waals surface area contributed by atoms with Crippen LogP contribution < -0.4 is 11.1 Å². The van der Waals surface area contributed by atoms with Gasteiger partial charge in [-0.25, -0.2) is 4.79 Å². The highest BCUT2D eigenvalue weighted by atomic mass is 16.2. The Morgan fingerprint density at radius 3 is 3.15 bits per heavy atom. The van der Waals surface area contributed by atoms with Gasteiger partial charge in [0.2, 0.25) is 0 Å². The quantitative estimate of drug-likeness (QED) is 0.558. The molecule has 0 bridgehead atoms. The molecule has 0 saturated carbocycles. The summed E-state index contributed by atoms with van der Waals surface area (Å²) in [4.78, 5) is 15.5. The van der Waals surface area contributed by atoms with Gasteiger partial charge in [-0.3, -0.25) is 4.90 Å². The topological polar surface area (TPSA) is 61.6 Å². The number of piperazine rings is 1. The van der Waals surface area contributed by atoms with E-state index in [2.05, 4.69) is 10.2 Å². The number of carbonyl (C=O) groups excluding carboxylic acids is 1. The number of nitrogens with one attached hydrogen (secondary N) is 1. The number of rotatable bonds is 2. The second kappa shape index (κ2) is 3.51. The lowest BCUT2D eigenvalue weighted by molar-refractivity contribution is 0.124. The molecule has 2 amide bonds. The van der Waals surface area contributed by atoms with Crippen LogP contribution in [0.5, 0.6) is 0 Å². The van der Waals surface area contributed by atoms with E-state index in [1.807, 2.05) is 4.90 Å². The third-order valence-electron chi connectivity index (χ3n) is 2.76. The van der Waals surface area contributed by atoms with Gasteiger partial charge in [-0.1, -0.05) is 0 Å². The number of amides is 2. The van der Waals surface area contributed by atoms with E-state index in [-0.39, 0.29) is 6.03 Å². The van der Waals surface area contributed by atoms with Gasteiger partial charge in [-0.15, -0.1) is 0 Å². The average molecular weight is 184 g/mol. The van der Waals surface area contributed by atoms with Gasteiger partial charge >= 0.3 is 6.03 Å². The summed E-state index contributed by atoms with van der Waals surface area (Å²) in [6.07, 6.45) is 0. The number of nitrogens with two attached hydrogens (primary N) is 1. The third kappa shape index (κ3) is 1.62. The smallest absolute Gasteiger partial charge is 0.317 e. The van der Waals surface area contributed by atoms with Gasteiger partial charge in [-0.2, -0.15) is 0 Å². The van der Waals surface area contributed by atoms with Crippen molar-refractivity contribution in [2.75, 3.05) is 39.3 Å². The van der Waals surface area contributed by atoms with Gasteiger partial charge < -0.3 is 16.0 Å². The molecule has 1 atom stereocenters. The van der Waals surface area contributed by atoms with Crippen molar-refractivity contribution in [2.45, 2.75) is 6.04 Å². The van der Waals surface area contributed by atoms with Gasteiger partial charge in [0.25, 0.3) is 0 Å². The molecule has 2 fully saturated rings. The molecule has 0 aromatic heterocycles. The maximum atomic E-state index is 11.2. The van der Waals surface area contributed by atoms with Crippen LogP contribution in [0.3, 0.4) is 0 Å². The average Bonchev–Trinajstić information content (AvgIpc) is 2.48. The molecule has 74 valence electrons. The SMILES string of the molecule is NCCN1CCN2C(=O)NCC2C1. The molecule has 2 aliphatic rings. The summed E-state index contributed by atoms with van der Waals surface area (Å²) in [6.45, 7) is 5.21. The second-order valence-electron chi connectivity index (χ2n) is 3.62. The zero-order chi connectivity index (χ0) is 9.26. The van der Waals surface area contributed by atoms with Crippen LogP contribution in [-0.4, -0.2) is 61.1 Å². The lowest BCUT2D eigenvalue weighted by atomic mass is 10.2. The summed E-state index contributed by atoms with van der Waals surface area (Å²) >= 11 is 0. The van der Waals surface area contributed by atoms with Crippen molar-refractivity contribution >= 4 is 6.03 Å². The molecule has 2 heterocycles. The van der Waals surface area contributed by atoms with Gasteiger partial charge in [-0.05, 0) is 0 Å². The maximum Gasteiger partial charge on any atom is 0.317 e. The molecule has 2 rings (SSSR count). The van der Waals surface area contributed by atoms with E-state index in [0.29, 0.717) is 12.6 Å². The molecule has 0 aliphatic carbocycles. The van der Waals surface area contributed by atoms with E-state index >= 15 is 0 Å². The minimum atomic E-state index is 0.0948. The zero-order valence-corrected chi connectivity index (χ0v) is 7.70. The monoisotopic (exact) mass is 184 g/mol. The van der Waals surface area contributed by atoms with Crippen molar-refractivity contribution in [3.8, 4) is 0 Å². The van der Waals surface area contributed by atoms with Crippen LogP contribution in [0.25, 0.3) is 0 Å². The normalized spacial score (nSPS) is 28.8. The standard InChI is InChI=1S/C8H16N4O/c9-1-2-11-3-4-12-7(6-11)5-10-8(12)13/h7H,1-6,9H2,(H,10,13). The molecule has 2 saturated heterocycles. The molecular formula is C8H16N4O. The van der Waals surface area contributed by atoms with Crippen LogP contribution in [0.1, 0.15) is 0 Å². The van der Waals surface area contributed by atoms with Crippen LogP contribution >= 0.6 is 0 Å². The fourth-order valence-electron chi connectivity index (χ4n) is 2.05. The number of hydrogen-bond donors (Lipinski definition) is 2. The first kappa shape index (κ1) is 8.77. The highest BCUT2D eigenvalue weighted by Crippen LogP contribution is 2.13. The number of fused-ring (bicyclic) bond motifs is 1. The molecule has 3 N–H and O–H groups in total. The van der Waals surface area contributed by atoms with E-state index in [0.717, 1.165) is 32.7 Å². The molecule has 5 nitrogen and oxygen atoms in total. The highest BCUT2D eigenvalue weighted by molar-refractivity contribution is 5.77. The Kier molecular flexibility index (Phi) is 2.37. The number of hydrogen-bond acceptors (Lipinski definition) is 3. The maximum absolute atomic E-state index is 11.2. The van der Waals surface area contributed by atoms with Crippen molar-refractivity contribution in [1.29, 1.82) is 0 Å². The molecule has 13 heavy (non-hydrogen) atoms. The highest BCUT2D eigenvalue weighted by Gasteiger charge is 2.34. The summed E-state index contributed by atoms with van der Waals surface area (Å²) in [5, 5.41) is 2.85. The molecule has 5 heteroatoms. The summed E-state index contributed by atoms with van der Waals surface area (Å²) in [7, 11) is 0. The van der Waals surface area contributed by atoms with Crippen LogP contribution in [-0.2, 0) is 0 Å². The first-order chi connectivity index (χ1) is 6.31. The Morgan fingerprint density at radius 2 is 2.38 bits per heavy atom. The minimum absolute atomic E-state index is 0.0948. The lowest BCUT2D eigenvalue weighted by Crippen LogP contribution is -2.52. The first-order valence-corrected chi connectivity index (χ1v) is 4.78. The van der Waals surface area contributed by atoms with Crippen molar-refractivity contribution in [3.63, 3.8) is 0 Å². The fraction of sp³-hybridized carbons (Fsp3) is 0.875. The summed E-state index contributed by atoms with van der Waals surface area (Å²) in [6, 6.07) is 0.463.